The third-order valence-electron chi connectivity index (χ3n) is 1.80. The van der Waals surface area contributed by atoms with Crippen LogP contribution in [0.1, 0.15) is 24.4 Å². The lowest BCUT2D eigenvalue weighted by Crippen LogP contribution is -2.19. The number of esters is 1. The van der Waals surface area contributed by atoms with Crippen LogP contribution in [0.2, 0.25) is 0 Å². The number of ether oxygens (including phenoxy) is 1. The summed E-state index contributed by atoms with van der Waals surface area (Å²) in [7, 11) is 0. The van der Waals surface area contributed by atoms with Gasteiger partial charge in [0.15, 0.2) is 6.04 Å². The molecule has 0 aliphatic heterocycles. The highest BCUT2D eigenvalue weighted by atomic mass is 19.4. The number of nitrogens with one attached hydrogen (secondary N) is 1. The molecule has 93 valence electrons. The number of carbonyl (C=O) groups excluding carboxylic acids is 1. The van der Waals surface area contributed by atoms with Gasteiger partial charge in [-0.3, -0.25) is 0 Å². The predicted molar refractivity (Wildman–Crippen MR) is 49.5 cm³/mol. The fourth-order valence-electron chi connectivity index (χ4n) is 1.03. The van der Waals surface area contributed by atoms with E-state index < -0.39 is 23.9 Å². The molecule has 0 aromatic carbocycles. The van der Waals surface area contributed by atoms with Gasteiger partial charge < -0.3 is 4.74 Å². The van der Waals surface area contributed by atoms with E-state index in [0.29, 0.717) is 12.4 Å². The third-order valence-corrected chi connectivity index (χ3v) is 1.80. The molecule has 0 saturated carbocycles. The van der Waals surface area contributed by atoms with Crippen molar-refractivity contribution < 1.29 is 22.7 Å². The van der Waals surface area contributed by atoms with E-state index in [4.69, 9.17) is 5.73 Å². The first-order valence-corrected chi connectivity index (χ1v) is 4.63. The number of hydrogen-bond acceptors (Lipinski definition) is 4. The Balaban J connectivity index is 2.96. The summed E-state index contributed by atoms with van der Waals surface area (Å²) in [6, 6.07) is -1.03. The normalized spacial score (nSPS) is 13.2. The average Bonchev–Trinajstić information content (AvgIpc) is 2.27. The number of carbonyl (C=O) groups is 1. The molecule has 5 nitrogen and oxygen atoms in total. The van der Waals surface area contributed by atoms with Crippen molar-refractivity contribution in [3.8, 4) is 0 Å². The van der Waals surface area contributed by atoms with Crippen molar-refractivity contribution in [2.24, 2.45) is 0 Å². The summed E-state index contributed by atoms with van der Waals surface area (Å²) in [6.45, 7) is 1.58. The van der Waals surface area contributed by atoms with Gasteiger partial charge in [-0.05, 0) is 13.0 Å². The Hall–Kier alpha value is -1.70. The molecule has 1 rings (SSSR count). The second-order valence-corrected chi connectivity index (χ2v) is 3.01. The van der Waals surface area contributed by atoms with Crippen LogP contribution in [0.25, 0.3) is 0 Å². The Bertz CT molecular complexity index is 409. The Morgan fingerprint density at radius 1 is 1.53 bits per heavy atom. The van der Waals surface area contributed by atoms with Gasteiger partial charge in [0.1, 0.15) is 12.0 Å². The van der Waals surface area contributed by atoms with Crippen LogP contribution in [-0.2, 0) is 15.7 Å². The molecule has 1 aromatic rings. The molecule has 0 saturated heterocycles. The van der Waals surface area contributed by atoms with Crippen molar-refractivity contribution in [1.29, 1.82) is 0 Å². The standard InChI is InChI=1S/C9H9F3N3O2/c1-2-17-8(16)7(13)5-3-6(9(10,11)12)15-4-14-5/h3-4,7,13H,2H2,1H3. The summed E-state index contributed by atoms with van der Waals surface area (Å²) in [4.78, 5) is 17.6. The molecule has 17 heavy (non-hydrogen) atoms. The Kier molecular flexibility index (Phi) is 4.00. The third kappa shape index (κ3) is 3.38. The van der Waals surface area contributed by atoms with Crippen LogP contribution < -0.4 is 5.73 Å². The van der Waals surface area contributed by atoms with Gasteiger partial charge in [0.05, 0.1) is 12.3 Å². The zero-order chi connectivity index (χ0) is 13.1. The maximum atomic E-state index is 12.3. The molecule has 0 bridgehead atoms. The number of alkyl halides is 3. The van der Waals surface area contributed by atoms with E-state index in [0.717, 1.165) is 0 Å². The van der Waals surface area contributed by atoms with E-state index in [1.165, 1.54) is 6.92 Å². The lowest BCUT2D eigenvalue weighted by molar-refractivity contribution is -0.146. The van der Waals surface area contributed by atoms with Crippen LogP contribution in [0.3, 0.4) is 0 Å². The van der Waals surface area contributed by atoms with E-state index in [2.05, 4.69) is 14.7 Å². The van der Waals surface area contributed by atoms with Gasteiger partial charge in [-0.15, -0.1) is 0 Å². The fourth-order valence-corrected chi connectivity index (χ4v) is 1.03. The van der Waals surface area contributed by atoms with Gasteiger partial charge in [-0.1, -0.05) is 0 Å². The van der Waals surface area contributed by atoms with Gasteiger partial charge >= 0.3 is 12.1 Å². The van der Waals surface area contributed by atoms with Crippen molar-refractivity contribution in [1.82, 2.24) is 15.7 Å². The largest absolute Gasteiger partial charge is 0.464 e. The lowest BCUT2D eigenvalue weighted by atomic mass is 10.2. The molecule has 1 unspecified atom stereocenters. The van der Waals surface area contributed by atoms with E-state index in [1.807, 2.05) is 0 Å². The van der Waals surface area contributed by atoms with Gasteiger partial charge in [0.2, 0.25) is 0 Å². The first-order chi connectivity index (χ1) is 7.86. The molecule has 1 aromatic heterocycles. The summed E-state index contributed by atoms with van der Waals surface area (Å²) in [5.74, 6) is -0.945. The Morgan fingerprint density at radius 2 is 2.18 bits per heavy atom. The van der Waals surface area contributed by atoms with Crippen LogP contribution in [-0.4, -0.2) is 22.5 Å². The molecule has 0 amide bonds. The monoisotopic (exact) mass is 248 g/mol. The van der Waals surface area contributed by atoms with E-state index in [1.54, 1.807) is 0 Å². The minimum absolute atomic E-state index is 0.0470. The molecule has 1 N–H and O–H groups in total. The minimum Gasteiger partial charge on any atom is -0.464 e. The highest BCUT2D eigenvalue weighted by Crippen LogP contribution is 2.28. The number of aromatic nitrogens is 2. The highest BCUT2D eigenvalue weighted by Gasteiger charge is 2.34. The molecular weight excluding hydrogens is 239 g/mol. The van der Waals surface area contributed by atoms with Crippen LogP contribution in [0.15, 0.2) is 12.4 Å². The number of halogens is 3. The topological polar surface area (TPSA) is 75.9 Å². The van der Waals surface area contributed by atoms with E-state index >= 15 is 0 Å². The zero-order valence-corrected chi connectivity index (χ0v) is 8.78. The van der Waals surface area contributed by atoms with Crippen LogP contribution in [0.5, 0.6) is 0 Å². The molecular formula is C9H9F3N3O2. The van der Waals surface area contributed by atoms with Crippen molar-refractivity contribution >= 4 is 5.97 Å². The first-order valence-electron chi connectivity index (χ1n) is 4.63. The van der Waals surface area contributed by atoms with Gasteiger partial charge in [0, 0.05) is 0 Å². The van der Waals surface area contributed by atoms with E-state index in [9.17, 15) is 18.0 Å². The molecule has 8 heteroatoms. The molecule has 0 spiro atoms. The van der Waals surface area contributed by atoms with Crippen LogP contribution in [0.4, 0.5) is 13.2 Å². The molecule has 1 radical (unpaired) electrons. The molecule has 0 fully saturated rings. The second kappa shape index (κ2) is 5.09. The molecule has 1 heterocycles. The Labute approximate surface area is 94.8 Å². The Morgan fingerprint density at radius 3 is 2.71 bits per heavy atom. The number of hydrogen-bond donors (Lipinski definition) is 0. The van der Waals surface area contributed by atoms with Crippen molar-refractivity contribution in [2.45, 2.75) is 19.1 Å². The van der Waals surface area contributed by atoms with Crippen molar-refractivity contribution in [3.63, 3.8) is 0 Å². The summed E-state index contributed by atoms with van der Waals surface area (Å²) in [5, 5.41) is 0. The van der Waals surface area contributed by atoms with Gasteiger partial charge in [0.25, 0.3) is 0 Å². The van der Waals surface area contributed by atoms with Crippen molar-refractivity contribution in [3.05, 3.63) is 23.8 Å². The van der Waals surface area contributed by atoms with Gasteiger partial charge in [-0.25, -0.2) is 20.5 Å². The lowest BCUT2D eigenvalue weighted by Gasteiger charge is -2.11. The summed E-state index contributed by atoms with van der Waals surface area (Å²) < 4.78 is 41.5. The van der Waals surface area contributed by atoms with Crippen LogP contribution >= 0.6 is 0 Å². The average molecular weight is 248 g/mol. The minimum atomic E-state index is -4.63. The summed E-state index contributed by atoms with van der Waals surface area (Å²) >= 11 is 0. The second-order valence-electron chi connectivity index (χ2n) is 3.01. The smallest absolute Gasteiger partial charge is 0.433 e. The molecule has 0 aliphatic rings. The zero-order valence-electron chi connectivity index (χ0n) is 8.78. The van der Waals surface area contributed by atoms with Gasteiger partial charge in [-0.2, -0.15) is 13.2 Å². The molecule has 1 atom stereocenters. The summed E-state index contributed by atoms with van der Waals surface area (Å²) in [5.41, 5.74) is 5.86. The maximum absolute atomic E-state index is 12.3. The van der Waals surface area contributed by atoms with E-state index in [-0.39, 0.29) is 12.3 Å². The number of nitrogens with zero attached hydrogens (tertiary/aromatic N) is 2. The molecule has 0 aliphatic carbocycles. The summed E-state index contributed by atoms with van der Waals surface area (Å²) in [6.07, 6.45) is -3.97. The predicted octanol–water partition coefficient (Wildman–Crippen LogP) is 1.38. The number of rotatable bonds is 3. The fraction of sp³-hybridized carbons (Fsp3) is 0.444. The van der Waals surface area contributed by atoms with Crippen LogP contribution in [0, 0.1) is 0 Å². The quantitative estimate of drug-likeness (QED) is 0.757. The maximum Gasteiger partial charge on any atom is 0.433 e. The van der Waals surface area contributed by atoms with Crippen molar-refractivity contribution in [2.75, 3.05) is 6.61 Å². The first kappa shape index (κ1) is 13.4. The SMILES string of the molecule is CCOC(=O)C([NH])c1cc(C(F)(F)F)ncn1. The highest BCUT2D eigenvalue weighted by molar-refractivity contribution is 5.76.